The molecule has 0 N–H and O–H groups in total. The Balaban J connectivity index is 0.000000231. The first-order chi connectivity index (χ1) is 21.6. The molecule has 0 aliphatic carbocycles. The third-order valence-corrected chi connectivity index (χ3v) is 7.79. The summed E-state index contributed by atoms with van der Waals surface area (Å²) in [6.07, 6.45) is 5.54. The molecule has 0 amide bonds. The fourth-order valence-corrected chi connectivity index (χ4v) is 5.52. The quantitative estimate of drug-likeness (QED) is 0.168. The molecule has 8 rings (SSSR count). The first kappa shape index (κ1) is 30.0. The molecule has 0 fully saturated rings. The number of benzene rings is 3. The molecule has 221 valence electrons. The molecule has 5 heterocycles. The smallest absolute Gasteiger partial charge is 0.216 e. The van der Waals surface area contributed by atoms with E-state index in [2.05, 4.69) is 71.3 Å². The normalized spacial score (nSPS) is 10.8. The van der Waals surface area contributed by atoms with E-state index in [-0.39, 0.29) is 20.1 Å². The molecule has 0 saturated carbocycles. The molecule has 1 radical (unpaired) electrons. The van der Waals surface area contributed by atoms with Gasteiger partial charge in [-0.05, 0) is 84.7 Å². The topological polar surface area (TPSA) is 64.7 Å². The van der Waals surface area contributed by atoms with Gasteiger partial charge in [0.2, 0.25) is 5.71 Å². The van der Waals surface area contributed by atoms with Gasteiger partial charge in [0.05, 0.1) is 11.1 Å². The van der Waals surface area contributed by atoms with Crippen molar-refractivity contribution in [2.45, 2.75) is 20.8 Å². The fourth-order valence-electron chi connectivity index (χ4n) is 5.52. The van der Waals surface area contributed by atoms with E-state index in [1.165, 1.54) is 11.1 Å². The van der Waals surface area contributed by atoms with Crippen molar-refractivity contribution in [3.8, 4) is 33.6 Å². The van der Waals surface area contributed by atoms with Crippen molar-refractivity contribution in [2.75, 3.05) is 0 Å². The van der Waals surface area contributed by atoms with Crippen molar-refractivity contribution in [3.05, 3.63) is 145 Å². The van der Waals surface area contributed by atoms with E-state index in [4.69, 9.17) is 9.40 Å². The Morgan fingerprint density at radius 2 is 1.51 bits per heavy atom. The number of furan rings is 1. The van der Waals surface area contributed by atoms with Gasteiger partial charge in [-0.15, -0.1) is 54.1 Å². The second-order valence-corrected chi connectivity index (χ2v) is 10.7. The van der Waals surface area contributed by atoms with Crippen LogP contribution in [0.25, 0.3) is 66.6 Å². The zero-order valence-electron chi connectivity index (χ0n) is 25.0. The van der Waals surface area contributed by atoms with Crippen LogP contribution in [0.4, 0.5) is 0 Å². The van der Waals surface area contributed by atoms with Gasteiger partial charge in [-0.3, -0.25) is 4.98 Å². The predicted octanol–water partition coefficient (Wildman–Crippen LogP) is 9.53. The van der Waals surface area contributed by atoms with Crippen LogP contribution in [0.2, 0.25) is 0 Å². The molecule has 5 aromatic heterocycles. The van der Waals surface area contributed by atoms with Crippen LogP contribution in [0.15, 0.2) is 120 Å². The first-order valence-corrected chi connectivity index (χ1v) is 14.5. The standard InChI is InChI=1S/C28H20N3O.C11H8N.Ir/c1-16-15-30-26(14-24(16)19-11-12-25-20(18(19)3)8-5-13-29-25)23-7-4-6-21-22-10-9-17(2)31-28(22)32-27(21)23;1-2-6-10(7-3-1)11-8-4-5-9-12-11;/h4-6,8-15H,1-3H3;1-6,8-9H;/q2*-1;. The minimum Gasteiger partial charge on any atom is -0.486 e. The number of hydrogen-bond acceptors (Lipinski definition) is 5. The van der Waals surface area contributed by atoms with E-state index < -0.39 is 0 Å². The number of pyridine rings is 4. The molecular weight excluding hydrogens is 733 g/mol. The average Bonchev–Trinajstić information content (AvgIpc) is 3.44. The summed E-state index contributed by atoms with van der Waals surface area (Å²) >= 11 is 0. The Labute approximate surface area is 275 Å². The largest absolute Gasteiger partial charge is 0.486 e. The van der Waals surface area contributed by atoms with E-state index in [9.17, 15) is 0 Å². The summed E-state index contributed by atoms with van der Waals surface area (Å²) in [4.78, 5) is 18.0. The Morgan fingerprint density at radius 1 is 0.644 bits per heavy atom. The minimum absolute atomic E-state index is 0. The zero-order chi connectivity index (χ0) is 30.0. The van der Waals surface area contributed by atoms with Gasteiger partial charge >= 0.3 is 0 Å². The van der Waals surface area contributed by atoms with Crippen LogP contribution < -0.4 is 0 Å². The molecular formula is C39H28IrN4O-2. The molecule has 3 aromatic carbocycles. The maximum absolute atomic E-state index is 6.19. The monoisotopic (exact) mass is 761 g/mol. The molecule has 8 aromatic rings. The van der Waals surface area contributed by atoms with Gasteiger partial charge in [0.15, 0.2) is 0 Å². The van der Waals surface area contributed by atoms with E-state index in [1.54, 1.807) is 6.20 Å². The van der Waals surface area contributed by atoms with Gasteiger partial charge in [-0.2, -0.15) is 0 Å². The van der Waals surface area contributed by atoms with Crippen molar-refractivity contribution in [1.82, 2.24) is 19.9 Å². The molecule has 0 spiro atoms. The molecule has 0 saturated heterocycles. The maximum atomic E-state index is 6.19. The van der Waals surface area contributed by atoms with Gasteiger partial charge in [-0.1, -0.05) is 41.3 Å². The second kappa shape index (κ2) is 12.9. The summed E-state index contributed by atoms with van der Waals surface area (Å²) < 4.78 is 6.19. The Kier molecular flexibility index (Phi) is 8.61. The molecule has 0 aliphatic heterocycles. The number of hydrogen-bond donors (Lipinski definition) is 0. The zero-order valence-corrected chi connectivity index (χ0v) is 27.4. The summed E-state index contributed by atoms with van der Waals surface area (Å²) in [7, 11) is 0. The molecule has 0 atom stereocenters. The fraction of sp³-hybridized carbons (Fsp3) is 0.0769. The van der Waals surface area contributed by atoms with Crippen LogP contribution in [-0.2, 0) is 20.1 Å². The van der Waals surface area contributed by atoms with Crippen LogP contribution in [0.5, 0.6) is 0 Å². The summed E-state index contributed by atoms with van der Waals surface area (Å²) in [5.41, 5.74) is 11.7. The summed E-state index contributed by atoms with van der Waals surface area (Å²) in [6.45, 7) is 6.21. The van der Waals surface area contributed by atoms with Gasteiger partial charge in [0.25, 0.3) is 0 Å². The third-order valence-electron chi connectivity index (χ3n) is 7.79. The second-order valence-electron chi connectivity index (χ2n) is 10.7. The van der Waals surface area contributed by atoms with Crippen molar-refractivity contribution >= 4 is 33.0 Å². The summed E-state index contributed by atoms with van der Waals surface area (Å²) in [5, 5.41) is 3.19. The Hall–Kier alpha value is -5.03. The number of aryl methyl sites for hydroxylation is 3. The van der Waals surface area contributed by atoms with Crippen molar-refractivity contribution in [3.63, 3.8) is 0 Å². The molecule has 0 unspecified atom stereocenters. The molecule has 45 heavy (non-hydrogen) atoms. The van der Waals surface area contributed by atoms with Crippen LogP contribution in [-0.4, -0.2) is 19.9 Å². The van der Waals surface area contributed by atoms with Crippen LogP contribution in [0.1, 0.15) is 16.8 Å². The van der Waals surface area contributed by atoms with Crippen LogP contribution in [0.3, 0.4) is 0 Å². The Morgan fingerprint density at radius 3 is 2.33 bits per heavy atom. The predicted molar refractivity (Wildman–Crippen MR) is 177 cm³/mol. The van der Waals surface area contributed by atoms with E-state index in [1.807, 2.05) is 86.0 Å². The summed E-state index contributed by atoms with van der Waals surface area (Å²) in [5.74, 6) is 0. The average molecular weight is 761 g/mol. The van der Waals surface area contributed by atoms with E-state index >= 15 is 0 Å². The van der Waals surface area contributed by atoms with E-state index in [0.29, 0.717) is 5.71 Å². The van der Waals surface area contributed by atoms with Gasteiger partial charge < -0.3 is 14.4 Å². The number of nitrogens with zero attached hydrogens (tertiary/aromatic N) is 4. The van der Waals surface area contributed by atoms with Crippen LogP contribution >= 0.6 is 0 Å². The van der Waals surface area contributed by atoms with Gasteiger partial charge in [0, 0.05) is 55.2 Å². The van der Waals surface area contributed by atoms with Crippen molar-refractivity contribution < 1.29 is 24.5 Å². The minimum atomic E-state index is 0. The molecule has 0 aliphatic rings. The van der Waals surface area contributed by atoms with Crippen molar-refractivity contribution in [2.24, 2.45) is 0 Å². The summed E-state index contributed by atoms with van der Waals surface area (Å²) in [6, 6.07) is 38.7. The maximum Gasteiger partial charge on any atom is 0.216 e. The third kappa shape index (κ3) is 5.91. The van der Waals surface area contributed by atoms with Gasteiger partial charge in [0.1, 0.15) is 0 Å². The number of fused-ring (bicyclic) bond motifs is 4. The number of aromatic nitrogens is 4. The molecule has 0 bridgehead atoms. The van der Waals surface area contributed by atoms with Crippen molar-refractivity contribution in [1.29, 1.82) is 0 Å². The van der Waals surface area contributed by atoms with E-state index in [0.717, 1.165) is 66.6 Å². The van der Waals surface area contributed by atoms with Gasteiger partial charge in [-0.25, -0.2) is 4.98 Å². The first-order valence-electron chi connectivity index (χ1n) is 14.5. The number of rotatable bonds is 3. The Bertz CT molecular complexity index is 2230. The molecule has 6 heteroatoms. The SMILES string of the molecule is Cc1ccc2c(n1)oc1c(-c3cc(-c4ccc5ncccc5c4C)c(C)cn3)[c-]ccc12.[Ir].[c-]1ccccc1-c1ccccn1. The molecule has 5 nitrogen and oxygen atoms in total. The van der Waals surface area contributed by atoms with Crippen LogP contribution in [0, 0.1) is 32.9 Å².